The average molecular weight is 358 g/mol. The number of benzene rings is 1. The molecule has 0 aliphatic carbocycles. The van der Waals surface area contributed by atoms with Crippen molar-refractivity contribution in [3.05, 3.63) is 34.1 Å². The Bertz CT molecular complexity index is 375. The van der Waals surface area contributed by atoms with Gasteiger partial charge < -0.3 is 5.32 Å². The van der Waals surface area contributed by atoms with Crippen LogP contribution in [0, 0.1) is 5.82 Å². The topological polar surface area (TPSA) is 12.0 Å². The molecule has 1 nitrogen and oxygen atoms in total. The van der Waals surface area contributed by atoms with E-state index in [-0.39, 0.29) is 5.82 Å². The maximum Gasteiger partial charge on any atom is 0.124 e. The summed E-state index contributed by atoms with van der Waals surface area (Å²) in [4.78, 5) is 0. The van der Waals surface area contributed by atoms with Crippen LogP contribution in [0.5, 0.6) is 0 Å². The Morgan fingerprint density at radius 2 is 1.81 bits per heavy atom. The molecule has 0 radical (unpaired) electrons. The maximum absolute atomic E-state index is 13.5. The fourth-order valence-electron chi connectivity index (χ4n) is 2.63. The summed E-state index contributed by atoms with van der Waals surface area (Å²) in [6, 6.07) is 5.66. The van der Waals surface area contributed by atoms with Crippen LogP contribution in [0.4, 0.5) is 4.39 Å². The third-order valence-electron chi connectivity index (χ3n) is 3.74. The van der Waals surface area contributed by atoms with Crippen molar-refractivity contribution in [2.45, 2.75) is 71.3 Å². The second-order valence-corrected chi connectivity index (χ2v) is 6.75. The largest absolute Gasteiger partial charge is 0.314 e. The van der Waals surface area contributed by atoms with Gasteiger partial charge in [0.25, 0.3) is 0 Å². The van der Waals surface area contributed by atoms with E-state index in [0.29, 0.717) is 6.04 Å². The van der Waals surface area contributed by atoms with Crippen LogP contribution in [0.15, 0.2) is 22.7 Å². The van der Waals surface area contributed by atoms with Gasteiger partial charge in [0, 0.05) is 10.5 Å². The lowest BCUT2D eigenvalue weighted by atomic mass is 9.99. The van der Waals surface area contributed by atoms with E-state index in [4.69, 9.17) is 0 Å². The summed E-state index contributed by atoms with van der Waals surface area (Å²) in [5.41, 5.74) is 1.07. The predicted molar refractivity (Wildman–Crippen MR) is 93.3 cm³/mol. The first-order valence-corrected chi connectivity index (χ1v) is 9.13. The van der Waals surface area contributed by atoms with E-state index in [9.17, 15) is 4.39 Å². The van der Waals surface area contributed by atoms with Crippen molar-refractivity contribution >= 4 is 15.9 Å². The minimum absolute atomic E-state index is 0.156. The smallest absolute Gasteiger partial charge is 0.124 e. The third-order valence-corrected chi connectivity index (χ3v) is 4.20. The highest BCUT2D eigenvalue weighted by Crippen LogP contribution is 2.18. The van der Waals surface area contributed by atoms with E-state index < -0.39 is 0 Å². The molecule has 1 aromatic rings. The van der Waals surface area contributed by atoms with Crippen molar-refractivity contribution < 1.29 is 4.39 Å². The fraction of sp³-hybridized carbons (Fsp3) is 0.667. The molecule has 0 saturated heterocycles. The molecular formula is C18H29BrFN. The van der Waals surface area contributed by atoms with Gasteiger partial charge in [-0.3, -0.25) is 0 Å². The summed E-state index contributed by atoms with van der Waals surface area (Å²) in [7, 11) is 0. The molecule has 120 valence electrons. The summed E-state index contributed by atoms with van der Waals surface area (Å²) >= 11 is 3.38. The van der Waals surface area contributed by atoms with E-state index in [0.717, 1.165) is 29.4 Å². The van der Waals surface area contributed by atoms with Crippen LogP contribution in [-0.2, 0) is 6.42 Å². The van der Waals surface area contributed by atoms with Crippen molar-refractivity contribution in [3.63, 3.8) is 0 Å². The molecule has 1 atom stereocenters. The molecule has 0 saturated carbocycles. The third kappa shape index (κ3) is 8.57. The monoisotopic (exact) mass is 357 g/mol. The molecule has 0 fully saturated rings. The second kappa shape index (κ2) is 11.2. The van der Waals surface area contributed by atoms with Crippen LogP contribution < -0.4 is 5.32 Å². The van der Waals surface area contributed by atoms with Gasteiger partial charge in [-0.15, -0.1) is 0 Å². The summed E-state index contributed by atoms with van der Waals surface area (Å²) < 4.78 is 14.3. The highest BCUT2D eigenvalue weighted by molar-refractivity contribution is 9.10. The molecule has 1 N–H and O–H groups in total. The molecule has 0 spiro atoms. The van der Waals surface area contributed by atoms with Gasteiger partial charge in [0.05, 0.1) is 0 Å². The molecule has 3 heteroatoms. The molecule has 0 bridgehead atoms. The summed E-state index contributed by atoms with van der Waals surface area (Å²) in [5.74, 6) is -0.156. The van der Waals surface area contributed by atoms with Crippen LogP contribution in [0.3, 0.4) is 0 Å². The van der Waals surface area contributed by atoms with Gasteiger partial charge in [-0.2, -0.15) is 0 Å². The SMILES string of the molecule is CCCCCCCC(Cc1cc(F)cc(Br)c1)NCCC. The Kier molecular flexibility index (Phi) is 9.94. The minimum Gasteiger partial charge on any atom is -0.314 e. The summed E-state index contributed by atoms with van der Waals surface area (Å²) in [6.07, 6.45) is 9.76. The Labute approximate surface area is 137 Å². The molecule has 0 aliphatic heterocycles. The number of hydrogen-bond donors (Lipinski definition) is 1. The molecular weight excluding hydrogens is 329 g/mol. The lowest BCUT2D eigenvalue weighted by Crippen LogP contribution is -2.31. The van der Waals surface area contributed by atoms with E-state index in [1.807, 2.05) is 6.07 Å². The lowest BCUT2D eigenvalue weighted by molar-refractivity contribution is 0.450. The minimum atomic E-state index is -0.156. The first kappa shape index (κ1) is 18.6. The summed E-state index contributed by atoms with van der Waals surface area (Å²) in [6.45, 7) is 5.47. The average Bonchev–Trinajstić information content (AvgIpc) is 2.43. The first-order valence-electron chi connectivity index (χ1n) is 8.34. The van der Waals surface area contributed by atoms with Crippen molar-refractivity contribution in [1.29, 1.82) is 0 Å². The van der Waals surface area contributed by atoms with Crippen molar-refractivity contribution in [2.75, 3.05) is 6.54 Å². The van der Waals surface area contributed by atoms with Gasteiger partial charge in [-0.25, -0.2) is 4.39 Å². The lowest BCUT2D eigenvalue weighted by Gasteiger charge is -2.19. The van der Waals surface area contributed by atoms with Gasteiger partial charge in [-0.05, 0) is 49.6 Å². The van der Waals surface area contributed by atoms with E-state index in [1.54, 1.807) is 6.07 Å². The van der Waals surface area contributed by atoms with Gasteiger partial charge >= 0.3 is 0 Å². The Morgan fingerprint density at radius 3 is 2.48 bits per heavy atom. The number of halogens is 2. The van der Waals surface area contributed by atoms with Crippen LogP contribution in [0.1, 0.15) is 64.4 Å². The molecule has 0 aromatic heterocycles. The summed E-state index contributed by atoms with van der Waals surface area (Å²) in [5, 5.41) is 3.61. The fourth-order valence-corrected chi connectivity index (χ4v) is 3.15. The van der Waals surface area contributed by atoms with Crippen LogP contribution in [0.25, 0.3) is 0 Å². The van der Waals surface area contributed by atoms with Crippen LogP contribution in [-0.4, -0.2) is 12.6 Å². The number of rotatable bonds is 11. The highest BCUT2D eigenvalue weighted by atomic mass is 79.9. The molecule has 0 heterocycles. The predicted octanol–water partition coefficient (Wildman–Crippen LogP) is 5.86. The zero-order valence-corrected chi connectivity index (χ0v) is 15.0. The molecule has 1 aromatic carbocycles. The van der Waals surface area contributed by atoms with Crippen LogP contribution in [0.2, 0.25) is 0 Å². The van der Waals surface area contributed by atoms with Crippen molar-refractivity contribution in [1.82, 2.24) is 5.32 Å². The maximum atomic E-state index is 13.5. The molecule has 0 amide bonds. The quantitative estimate of drug-likeness (QED) is 0.489. The first-order chi connectivity index (χ1) is 10.2. The van der Waals surface area contributed by atoms with Crippen molar-refractivity contribution in [2.24, 2.45) is 0 Å². The normalized spacial score (nSPS) is 12.6. The Hall–Kier alpha value is -0.410. The second-order valence-electron chi connectivity index (χ2n) is 5.84. The molecule has 1 unspecified atom stereocenters. The zero-order valence-electron chi connectivity index (χ0n) is 13.4. The number of hydrogen-bond acceptors (Lipinski definition) is 1. The van der Waals surface area contributed by atoms with Gasteiger partial charge in [0.2, 0.25) is 0 Å². The van der Waals surface area contributed by atoms with Crippen LogP contribution >= 0.6 is 15.9 Å². The van der Waals surface area contributed by atoms with Gasteiger partial charge in [0.15, 0.2) is 0 Å². The molecule has 0 aliphatic rings. The standard InChI is InChI=1S/C18H29BrFN/c1-3-5-6-7-8-9-18(21-10-4-2)13-15-11-16(19)14-17(20)12-15/h11-12,14,18,21H,3-10,13H2,1-2H3. The number of nitrogens with one attached hydrogen (secondary N) is 1. The van der Waals surface area contributed by atoms with Gasteiger partial charge in [0.1, 0.15) is 5.82 Å². The highest BCUT2D eigenvalue weighted by Gasteiger charge is 2.10. The van der Waals surface area contributed by atoms with Crippen molar-refractivity contribution in [3.8, 4) is 0 Å². The zero-order chi connectivity index (χ0) is 15.5. The molecule has 21 heavy (non-hydrogen) atoms. The Balaban J connectivity index is 2.47. The molecule has 1 rings (SSSR count). The Morgan fingerprint density at radius 1 is 1.05 bits per heavy atom. The number of unbranched alkanes of at least 4 members (excludes halogenated alkanes) is 4. The van der Waals surface area contributed by atoms with E-state index >= 15 is 0 Å². The van der Waals surface area contributed by atoms with E-state index in [2.05, 4.69) is 35.1 Å². The van der Waals surface area contributed by atoms with E-state index in [1.165, 1.54) is 44.6 Å². The van der Waals surface area contributed by atoms with Gasteiger partial charge in [-0.1, -0.05) is 61.9 Å².